The van der Waals surface area contributed by atoms with Gasteiger partial charge in [0.15, 0.2) is 0 Å². The van der Waals surface area contributed by atoms with Gasteiger partial charge in [-0.25, -0.2) is 5.54 Å². The van der Waals surface area contributed by atoms with E-state index in [-0.39, 0.29) is 6.10 Å². The molecule has 2 aliphatic heterocycles. The molecule has 1 aromatic heterocycles. The van der Waals surface area contributed by atoms with Crippen LogP contribution in [-0.4, -0.2) is 55.8 Å². The molecule has 2 fully saturated rings. The molecule has 0 aliphatic carbocycles. The van der Waals surface area contributed by atoms with Gasteiger partial charge >= 0.3 is 0 Å². The minimum Gasteiger partial charge on any atom is -0.472 e. The SMILES string of the molecule is Cc1ccc(NF)cc1-c1cc(N2CCOCC2)c(OC2CCOCC2)nn1. The molecular weight excluding hydrogens is 363 g/mol. The van der Waals surface area contributed by atoms with Gasteiger partial charge in [0.05, 0.1) is 37.8 Å². The Kier molecular flexibility index (Phi) is 5.87. The largest absolute Gasteiger partial charge is 0.472 e. The van der Waals surface area contributed by atoms with Crippen LogP contribution in [0.15, 0.2) is 24.3 Å². The number of hydrogen-bond donors (Lipinski definition) is 1. The fraction of sp³-hybridized carbons (Fsp3) is 0.500. The average Bonchev–Trinajstić information content (AvgIpc) is 2.76. The molecular formula is C20H25FN4O3. The van der Waals surface area contributed by atoms with Crippen LogP contribution in [0.3, 0.4) is 0 Å². The molecule has 0 radical (unpaired) electrons. The fourth-order valence-electron chi connectivity index (χ4n) is 3.53. The van der Waals surface area contributed by atoms with Crippen LogP contribution in [0.4, 0.5) is 15.9 Å². The summed E-state index contributed by atoms with van der Waals surface area (Å²) in [6.07, 6.45) is 1.76. The number of benzene rings is 1. The average molecular weight is 388 g/mol. The molecule has 2 aliphatic rings. The lowest BCUT2D eigenvalue weighted by Crippen LogP contribution is -2.37. The van der Waals surface area contributed by atoms with E-state index >= 15 is 0 Å². The first-order valence-electron chi connectivity index (χ1n) is 9.67. The van der Waals surface area contributed by atoms with Crippen molar-refractivity contribution in [1.29, 1.82) is 0 Å². The quantitative estimate of drug-likeness (QED) is 0.789. The van der Waals surface area contributed by atoms with E-state index in [0.29, 0.717) is 43.7 Å². The third-order valence-corrected chi connectivity index (χ3v) is 5.16. The van der Waals surface area contributed by atoms with E-state index in [2.05, 4.69) is 15.1 Å². The molecule has 0 saturated carbocycles. The molecule has 1 aromatic carbocycles. The van der Waals surface area contributed by atoms with Crippen molar-refractivity contribution < 1.29 is 18.7 Å². The normalized spacial score (nSPS) is 18.1. The van der Waals surface area contributed by atoms with Crippen LogP contribution >= 0.6 is 0 Å². The third-order valence-electron chi connectivity index (χ3n) is 5.16. The molecule has 0 unspecified atom stereocenters. The maximum atomic E-state index is 12.9. The van der Waals surface area contributed by atoms with Crippen molar-refractivity contribution in [3.8, 4) is 17.1 Å². The molecule has 2 aromatic rings. The molecule has 1 N–H and O–H groups in total. The van der Waals surface area contributed by atoms with Crippen LogP contribution in [0.2, 0.25) is 0 Å². The predicted octanol–water partition coefficient (Wildman–Crippen LogP) is 3.14. The Labute approximate surface area is 163 Å². The maximum absolute atomic E-state index is 12.9. The molecule has 0 amide bonds. The number of morpholine rings is 1. The highest BCUT2D eigenvalue weighted by molar-refractivity contribution is 5.72. The molecule has 2 saturated heterocycles. The maximum Gasteiger partial charge on any atom is 0.257 e. The van der Waals surface area contributed by atoms with Gasteiger partial charge in [-0.2, -0.15) is 0 Å². The molecule has 0 atom stereocenters. The van der Waals surface area contributed by atoms with Crippen LogP contribution in [0.5, 0.6) is 5.88 Å². The van der Waals surface area contributed by atoms with E-state index in [1.54, 1.807) is 17.7 Å². The molecule has 0 bridgehead atoms. The van der Waals surface area contributed by atoms with E-state index in [0.717, 1.165) is 42.7 Å². The van der Waals surface area contributed by atoms with Gasteiger partial charge in [0, 0.05) is 31.5 Å². The summed E-state index contributed by atoms with van der Waals surface area (Å²) < 4.78 is 30.0. The molecule has 3 heterocycles. The van der Waals surface area contributed by atoms with Crippen LogP contribution in [0, 0.1) is 6.92 Å². The van der Waals surface area contributed by atoms with Crippen molar-refractivity contribution in [3.05, 3.63) is 29.8 Å². The lowest BCUT2D eigenvalue weighted by atomic mass is 10.0. The first kappa shape index (κ1) is 18.9. The second-order valence-electron chi connectivity index (χ2n) is 7.07. The van der Waals surface area contributed by atoms with Crippen molar-refractivity contribution >= 4 is 11.4 Å². The van der Waals surface area contributed by atoms with Crippen LogP contribution in [0.25, 0.3) is 11.3 Å². The Morgan fingerprint density at radius 3 is 2.57 bits per heavy atom. The second kappa shape index (κ2) is 8.70. The zero-order chi connectivity index (χ0) is 19.3. The highest BCUT2D eigenvalue weighted by Crippen LogP contribution is 2.34. The minimum absolute atomic E-state index is 0.0782. The Morgan fingerprint density at radius 2 is 1.82 bits per heavy atom. The lowest BCUT2D eigenvalue weighted by Gasteiger charge is -2.31. The summed E-state index contributed by atoms with van der Waals surface area (Å²) in [5.74, 6) is 0.537. The Balaban J connectivity index is 1.69. The highest BCUT2D eigenvalue weighted by Gasteiger charge is 2.23. The number of aryl methyl sites for hydroxylation is 1. The summed E-state index contributed by atoms with van der Waals surface area (Å²) in [6, 6.07) is 7.27. The summed E-state index contributed by atoms with van der Waals surface area (Å²) in [4.78, 5) is 2.21. The third kappa shape index (κ3) is 4.18. The van der Waals surface area contributed by atoms with Crippen molar-refractivity contribution in [2.75, 3.05) is 50.0 Å². The second-order valence-corrected chi connectivity index (χ2v) is 7.07. The topological polar surface area (TPSA) is 68.7 Å². The number of rotatable bonds is 5. The summed E-state index contributed by atoms with van der Waals surface area (Å²) in [5.41, 5.74) is 5.51. The number of nitrogens with one attached hydrogen (secondary N) is 1. The summed E-state index contributed by atoms with van der Waals surface area (Å²) >= 11 is 0. The number of aromatic nitrogens is 2. The fourth-order valence-corrected chi connectivity index (χ4v) is 3.53. The van der Waals surface area contributed by atoms with Crippen LogP contribution in [-0.2, 0) is 9.47 Å². The van der Waals surface area contributed by atoms with E-state index in [1.807, 2.05) is 19.1 Å². The first-order chi connectivity index (χ1) is 13.7. The Hall–Kier alpha value is -2.45. The van der Waals surface area contributed by atoms with Crippen molar-refractivity contribution in [1.82, 2.24) is 10.2 Å². The van der Waals surface area contributed by atoms with E-state index in [9.17, 15) is 4.48 Å². The molecule has 28 heavy (non-hydrogen) atoms. The summed E-state index contributed by atoms with van der Waals surface area (Å²) in [7, 11) is 0. The monoisotopic (exact) mass is 388 g/mol. The van der Waals surface area contributed by atoms with Gasteiger partial charge in [-0.1, -0.05) is 6.07 Å². The number of nitrogens with zero attached hydrogens (tertiary/aromatic N) is 3. The lowest BCUT2D eigenvalue weighted by molar-refractivity contribution is 0.0234. The molecule has 150 valence electrons. The van der Waals surface area contributed by atoms with Crippen molar-refractivity contribution in [2.45, 2.75) is 25.9 Å². The number of halogens is 1. The molecule has 8 heteroatoms. The molecule has 0 spiro atoms. The Bertz CT molecular complexity index is 808. The van der Waals surface area contributed by atoms with Gasteiger partial charge in [0.1, 0.15) is 11.8 Å². The van der Waals surface area contributed by atoms with Gasteiger partial charge in [-0.15, -0.1) is 14.7 Å². The van der Waals surface area contributed by atoms with E-state index < -0.39 is 0 Å². The van der Waals surface area contributed by atoms with E-state index in [4.69, 9.17) is 14.2 Å². The highest BCUT2D eigenvalue weighted by atomic mass is 19.2. The smallest absolute Gasteiger partial charge is 0.257 e. The number of ether oxygens (including phenoxy) is 3. The zero-order valence-corrected chi connectivity index (χ0v) is 16.0. The molecule has 7 nitrogen and oxygen atoms in total. The van der Waals surface area contributed by atoms with Crippen molar-refractivity contribution in [3.63, 3.8) is 0 Å². The number of hydrogen-bond acceptors (Lipinski definition) is 7. The Morgan fingerprint density at radius 1 is 1.07 bits per heavy atom. The predicted molar refractivity (Wildman–Crippen MR) is 104 cm³/mol. The van der Waals surface area contributed by atoms with Gasteiger partial charge in [0.2, 0.25) is 0 Å². The summed E-state index contributed by atoms with van der Waals surface area (Å²) in [5, 5.41) is 8.80. The van der Waals surface area contributed by atoms with Crippen LogP contribution in [0.1, 0.15) is 18.4 Å². The zero-order valence-electron chi connectivity index (χ0n) is 16.0. The van der Waals surface area contributed by atoms with Gasteiger partial charge in [-0.3, -0.25) is 0 Å². The standard InChI is InChI=1S/C20H25FN4O3/c1-14-2-3-15(22-21)12-17(14)18-13-19(25-6-10-27-11-7-25)20(24-23-18)28-16-4-8-26-9-5-16/h2-3,12-13,16,22H,4-11H2,1H3. The van der Waals surface area contributed by atoms with Gasteiger partial charge < -0.3 is 19.1 Å². The van der Waals surface area contributed by atoms with Crippen LogP contribution < -0.4 is 15.2 Å². The summed E-state index contributed by atoms with van der Waals surface area (Å²) in [6.45, 7) is 6.22. The van der Waals surface area contributed by atoms with Crippen molar-refractivity contribution in [2.24, 2.45) is 0 Å². The minimum atomic E-state index is 0.0782. The molecule has 4 rings (SSSR count). The number of anilines is 2. The first-order valence-corrected chi connectivity index (χ1v) is 9.67. The van der Waals surface area contributed by atoms with Gasteiger partial charge in [0.25, 0.3) is 5.88 Å². The van der Waals surface area contributed by atoms with E-state index in [1.165, 1.54) is 0 Å². The van der Waals surface area contributed by atoms with Gasteiger partial charge in [-0.05, 0) is 30.7 Å².